The molecule has 4 nitrogen and oxygen atoms in total. The average Bonchev–Trinajstić information content (AvgIpc) is 2.84. The molecule has 0 saturated heterocycles. The van der Waals surface area contributed by atoms with Crippen molar-refractivity contribution in [3.63, 3.8) is 0 Å². The van der Waals surface area contributed by atoms with Crippen molar-refractivity contribution in [3.05, 3.63) is 42.7 Å². The Kier molecular flexibility index (Phi) is 1.73. The van der Waals surface area contributed by atoms with Gasteiger partial charge in [0.25, 0.3) is 0 Å². The van der Waals surface area contributed by atoms with Gasteiger partial charge in [0.05, 0.1) is 5.39 Å². The highest BCUT2D eigenvalue weighted by Gasteiger charge is 2.18. The zero-order valence-electron chi connectivity index (χ0n) is 9.59. The Morgan fingerprint density at radius 2 is 1.94 bits per heavy atom. The third-order valence-electron chi connectivity index (χ3n) is 3.28. The van der Waals surface area contributed by atoms with Crippen molar-refractivity contribution in [1.82, 2.24) is 0 Å². The van der Waals surface area contributed by atoms with Crippen LogP contribution in [0, 0.1) is 0 Å². The maximum atomic E-state index is 6.23. The predicted molar refractivity (Wildman–Crippen MR) is 67.6 cm³/mol. The molecule has 0 fully saturated rings. The molecule has 0 aliphatic carbocycles. The van der Waals surface area contributed by atoms with Gasteiger partial charge in [0.2, 0.25) is 12.3 Å². The van der Waals surface area contributed by atoms with Crippen molar-refractivity contribution >= 4 is 22.0 Å². The summed E-state index contributed by atoms with van der Waals surface area (Å²) in [5.74, 6) is 1.53. The summed E-state index contributed by atoms with van der Waals surface area (Å²) in [6, 6.07) is 9.86. The lowest BCUT2D eigenvalue weighted by molar-refractivity contribution is -0.509. The van der Waals surface area contributed by atoms with Gasteiger partial charge >= 0.3 is 0 Å². The first-order chi connectivity index (χ1) is 8.83. The van der Waals surface area contributed by atoms with Gasteiger partial charge in [0, 0.05) is 17.5 Å². The third kappa shape index (κ3) is 1.17. The molecule has 0 atom stereocenters. The Hall–Kier alpha value is -2.49. The molecule has 4 rings (SSSR count). The predicted octanol–water partition coefficient (Wildman–Crippen LogP) is 1.89. The Labute approximate surface area is 103 Å². The number of aromatic nitrogens is 1. The van der Waals surface area contributed by atoms with Gasteiger partial charge < -0.3 is 15.2 Å². The zero-order valence-corrected chi connectivity index (χ0v) is 9.59. The second-order valence-electron chi connectivity index (χ2n) is 4.33. The van der Waals surface area contributed by atoms with Crippen LogP contribution in [0.25, 0.3) is 16.3 Å². The molecule has 1 aliphatic heterocycles. The van der Waals surface area contributed by atoms with E-state index in [2.05, 4.69) is 0 Å². The lowest BCUT2D eigenvalue weighted by Crippen LogP contribution is -2.21. The van der Waals surface area contributed by atoms with Gasteiger partial charge in [-0.15, -0.1) is 0 Å². The van der Waals surface area contributed by atoms with E-state index in [1.165, 1.54) is 0 Å². The monoisotopic (exact) mass is 239 g/mol. The number of anilines is 1. The van der Waals surface area contributed by atoms with Crippen LogP contribution in [0.15, 0.2) is 42.7 Å². The molecule has 2 aromatic heterocycles. The molecule has 4 heteroatoms. The van der Waals surface area contributed by atoms with Crippen LogP contribution in [-0.4, -0.2) is 6.79 Å². The molecule has 0 radical (unpaired) electrons. The second-order valence-corrected chi connectivity index (χ2v) is 4.33. The van der Waals surface area contributed by atoms with Crippen molar-refractivity contribution in [2.75, 3.05) is 12.5 Å². The van der Waals surface area contributed by atoms with Crippen LogP contribution in [-0.2, 0) is 0 Å². The fraction of sp³-hybridized carbons (Fsp3) is 0.0714. The molecular weight excluding hydrogens is 228 g/mol. The minimum Gasteiger partial charge on any atom is -0.454 e. The molecule has 0 bridgehead atoms. The summed E-state index contributed by atoms with van der Waals surface area (Å²) in [7, 11) is 0. The maximum absolute atomic E-state index is 6.23. The Morgan fingerprint density at radius 3 is 2.83 bits per heavy atom. The van der Waals surface area contributed by atoms with Crippen LogP contribution >= 0.6 is 0 Å². The lowest BCUT2D eigenvalue weighted by Gasteiger charge is -2.03. The maximum Gasteiger partial charge on any atom is 0.234 e. The number of fused-ring (bicyclic) bond motifs is 3. The minimum absolute atomic E-state index is 0.276. The molecular formula is C14H11N2O2+. The topological polar surface area (TPSA) is 48.6 Å². The lowest BCUT2D eigenvalue weighted by atomic mass is 10.1. The Balaban J connectivity index is 2.18. The van der Waals surface area contributed by atoms with Gasteiger partial charge in [-0.25, -0.2) is 0 Å². The van der Waals surface area contributed by atoms with Gasteiger partial charge in [-0.05, 0) is 18.2 Å². The number of nitrogens with two attached hydrogens (primary N) is 1. The molecule has 0 amide bonds. The van der Waals surface area contributed by atoms with Crippen LogP contribution in [0.2, 0.25) is 0 Å². The van der Waals surface area contributed by atoms with E-state index in [-0.39, 0.29) is 6.79 Å². The van der Waals surface area contributed by atoms with E-state index in [4.69, 9.17) is 15.2 Å². The average molecular weight is 239 g/mol. The van der Waals surface area contributed by atoms with Gasteiger partial charge in [0.1, 0.15) is 5.69 Å². The number of nitrogen functional groups attached to an aromatic ring is 1. The van der Waals surface area contributed by atoms with E-state index < -0.39 is 0 Å². The summed E-state index contributed by atoms with van der Waals surface area (Å²) in [5, 5.41) is 2.03. The van der Waals surface area contributed by atoms with Crippen LogP contribution in [0.1, 0.15) is 0 Å². The van der Waals surface area contributed by atoms with Crippen molar-refractivity contribution in [1.29, 1.82) is 0 Å². The van der Waals surface area contributed by atoms with E-state index in [9.17, 15) is 0 Å². The highest BCUT2D eigenvalue weighted by Crippen LogP contribution is 2.37. The Bertz CT molecular complexity index is 783. The number of ether oxygens (including phenoxy) is 2. The first-order valence-corrected chi connectivity index (χ1v) is 5.75. The van der Waals surface area contributed by atoms with Gasteiger partial charge in [-0.1, -0.05) is 0 Å². The standard InChI is InChI=1S/C14H11N2O2/c15-14-10-6-13-12(17-8-18-13)5-9(10)7-16-4-2-1-3-11(14)16/h1-7H,8,15H2/q+1. The summed E-state index contributed by atoms with van der Waals surface area (Å²) in [6.45, 7) is 0.276. The van der Waals surface area contributed by atoms with Crippen molar-refractivity contribution < 1.29 is 13.9 Å². The van der Waals surface area contributed by atoms with E-state index in [1.807, 2.05) is 47.1 Å². The number of rotatable bonds is 0. The van der Waals surface area contributed by atoms with Crippen molar-refractivity contribution in [3.8, 4) is 11.5 Å². The molecule has 0 unspecified atom stereocenters. The Morgan fingerprint density at radius 1 is 1.11 bits per heavy atom. The van der Waals surface area contributed by atoms with Gasteiger partial charge in [-0.2, -0.15) is 4.40 Å². The van der Waals surface area contributed by atoms with E-state index in [1.54, 1.807) is 0 Å². The zero-order chi connectivity index (χ0) is 12.1. The third-order valence-corrected chi connectivity index (χ3v) is 3.28. The van der Waals surface area contributed by atoms with Crippen LogP contribution < -0.4 is 19.6 Å². The number of hydrogen-bond acceptors (Lipinski definition) is 3. The fourth-order valence-corrected chi connectivity index (χ4v) is 2.38. The van der Waals surface area contributed by atoms with E-state index in [0.717, 1.165) is 33.5 Å². The molecule has 0 saturated carbocycles. The molecule has 18 heavy (non-hydrogen) atoms. The van der Waals surface area contributed by atoms with Crippen LogP contribution in [0.3, 0.4) is 0 Å². The summed E-state index contributed by atoms with van der Waals surface area (Å²) in [4.78, 5) is 0. The smallest absolute Gasteiger partial charge is 0.234 e. The fourth-order valence-electron chi connectivity index (χ4n) is 2.38. The van der Waals surface area contributed by atoms with Gasteiger partial charge in [-0.3, -0.25) is 0 Å². The number of nitrogens with zero attached hydrogens (tertiary/aromatic N) is 1. The van der Waals surface area contributed by atoms with Crippen molar-refractivity contribution in [2.24, 2.45) is 0 Å². The SMILES string of the molecule is Nc1c2cc3c(cc2c[n+]2ccccc12)OCO3. The molecule has 88 valence electrons. The van der Waals surface area contributed by atoms with Crippen LogP contribution in [0.4, 0.5) is 5.69 Å². The van der Waals surface area contributed by atoms with Gasteiger partial charge in [0.15, 0.2) is 23.9 Å². The van der Waals surface area contributed by atoms with Crippen molar-refractivity contribution in [2.45, 2.75) is 0 Å². The summed E-state index contributed by atoms with van der Waals surface area (Å²) in [6.07, 6.45) is 4.03. The second kappa shape index (κ2) is 3.26. The first-order valence-electron chi connectivity index (χ1n) is 5.75. The first kappa shape index (κ1) is 9.53. The molecule has 0 spiro atoms. The molecule has 3 heterocycles. The largest absolute Gasteiger partial charge is 0.454 e. The highest BCUT2D eigenvalue weighted by atomic mass is 16.7. The van der Waals surface area contributed by atoms with Crippen LogP contribution in [0.5, 0.6) is 11.5 Å². The summed E-state index contributed by atoms with van der Waals surface area (Å²) < 4.78 is 12.8. The van der Waals surface area contributed by atoms with E-state index >= 15 is 0 Å². The summed E-state index contributed by atoms with van der Waals surface area (Å²) in [5.41, 5.74) is 7.98. The normalized spacial score (nSPS) is 13.3. The molecule has 2 N–H and O–H groups in total. The molecule has 1 aliphatic rings. The quantitative estimate of drug-likeness (QED) is 0.481. The number of pyridine rings is 2. The molecule has 3 aromatic rings. The number of hydrogen-bond donors (Lipinski definition) is 1. The summed E-state index contributed by atoms with van der Waals surface area (Å²) >= 11 is 0. The van der Waals surface area contributed by atoms with E-state index in [0.29, 0.717) is 0 Å². The number of benzene rings is 1. The minimum atomic E-state index is 0.276. The highest BCUT2D eigenvalue weighted by molar-refractivity contribution is 5.99. The molecule has 1 aromatic carbocycles.